The molecular formula is C12H20N4O2. The van der Waals surface area contributed by atoms with Crippen molar-refractivity contribution < 1.29 is 9.47 Å². The molecule has 0 aromatic carbocycles. The van der Waals surface area contributed by atoms with E-state index >= 15 is 0 Å². The number of nitrogens with zero attached hydrogens (tertiary/aromatic N) is 2. The molecule has 1 aliphatic rings. The molecule has 18 heavy (non-hydrogen) atoms. The minimum absolute atomic E-state index is 0.128. The van der Waals surface area contributed by atoms with E-state index in [2.05, 4.69) is 29.2 Å². The van der Waals surface area contributed by atoms with E-state index in [1.165, 1.54) is 6.33 Å². The second-order valence-electron chi connectivity index (χ2n) is 4.77. The van der Waals surface area contributed by atoms with Gasteiger partial charge in [0.15, 0.2) is 0 Å². The maximum atomic E-state index is 5.94. The van der Waals surface area contributed by atoms with Crippen LogP contribution in [0.3, 0.4) is 0 Å². The zero-order valence-corrected chi connectivity index (χ0v) is 11.0. The average molecular weight is 252 g/mol. The Morgan fingerprint density at radius 1 is 1.33 bits per heavy atom. The zero-order valence-electron chi connectivity index (χ0n) is 11.0. The van der Waals surface area contributed by atoms with E-state index in [1.54, 1.807) is 0 Å². The first kappa shape index (κ1) is 13.0. The molecule has 0 aliphatic carbocycles. The number of hydrazine groups is 1. The zero-order chi connectivity index (χ0) is 13.1. The third-order valence-corrected chi connectivity index (χ3v) is 3.11. The van der Waals surface area contributed by atoms with Gasteiger partial charge in [0.25, 0.3) is 0 Å². The van der Waals surface area contributed by atoms with Crippen LogP contribution in [0.15, 0.2) is 6.33 Å². The Bertz CT molecular complexity index is 403. The first-order valence-corrected chi connectivity index (χ1v) is 6.20. The van der Waals surface area contributed by atoms with Crippen molar-refractivity contribution in [2.45, 2.75) is 51.9 Å². The third-order valence-electron chi connectivity index (χ3n) is 3.11. The molecule has 1 aliphatic heterocycles. The summed E-state index contributed by atoms with van der Waals surface area (Å²) in [6, 6.07) is 0. The van der Waals surface area contributed by atoms with Gasteiger partial charge in [-0.15, -0.1) is 0 Å². The highest BCUT2D eigenvalue weighted by Crippen LogP contribution is 2.26. The lowest BCUT2D eigenvalue weighted by Crippen LogP contribution is -2.36. The summed E-state index contributed by atoms with van der Waals surface area (Å²) in [5.74, 6) is 6.56. The molecule has 2 heterocycles. The van der Waals surface area contributed by atoms with E-state index < -0.39 is 0 Å². The van der Waals surface area contributed by atoms with Gasteiger partial charge in [-0.25, -0.2) is 15.8 Å². The second kappa shape index (κ2) is 5.49. The molecule has 1 saturated heterocycles. The van der Waals surface area contributed by atoms with Gasteiger partial charge in [-0.3, -0.25) is 0 Å². The van der Waals surface area contributed by atoms with Gasteiger partial charge in [0.1, 0.15) is 18.2 Å². The van der Waals surface area contributed by atoms with Crippen LogP contribution in [0.25, 0.3) is 0 Å². The van der Waals surface area contributed by atoms with Gasteiger partial charge in [0.2, 0.25) is 5.88 Å². The van der Waals surface area contributed by atoms with Crippen molar-refractivity contribution in [2.75, 3.05) is 5.43 Å². The topological polar surface area (TPSA) is 82.3 Å². The van der Waals surface area contributed by atoms with Crippen molar-refractivity contribution in [1.82, 2.24) is 9.97 Å². The molecule has 0 saturated carbocycles. The molecule has 1 aromatic rings. The molecule has 0 radical (unpaired) electrons. The van der Waals surface area contributed by atoms with Crippen LogP contribution in [0, 0.1) is 6.92 Å². The van der Waals surface area contributed by atoms with E-state index in [0.29, 0.717) is 11.7 Å². The van der Waals surface area contributed by atoms with E-state index in [-0.39, 0.29) is 18.3 Å². The van der Waals surface area contributed by atoms with Gasteiger partial charge in [-0.05, 0) is 20.8 Å². The standard InChI is InChI=1S/C12H20N4O2/c1-7-4-10(5-8(2)17-7)18-12-9(3)11(16-13)14-6-15-12/h6-8,10H,4-5,13H2,1-3H3,(H,14,15,16). The van der Waals surface area contributed by atoms with Crippen molar-refractivity contribution >= 4 is 5.82 Å². The Morgan fingerprint density at radius 2 is 2.00 bits per heavy atom. The summed E-state index contributed by atoms with van der Waals surface area (Å²) in [7, 11) is 0. The van der Waals surface area contributed by atoms with Crippen molar-refractivity contribution in [2.24, 2.45) is 5.84 Å². The molecule has 2 unspecified atom stereocenters. The molecule has 6 nitrogen and oxygen atoms in total. The normalized spacial score (nSPS) is 27.9. The molecule has 2 rings (SSSR count). The molecule has 3 N–H and O–H groups in total. The predicted octanol–water partition coefficient (Wildman–Crippen LogP) is 1.41. The summed E-state index contributed by atoms with van der Waals surface area (Å²) in [6.07, 6.45) is 3.76. The van der Waals surface area contributed by atoms with Crippen LogP contribution in [-0.2, 0) is 4.74 Å². The van der Waals surface area contributed by atoms with E-state index in [4.69, 9.17) is 15.3 Å². The van der Waals surface area contributed by atoms with Gasteiger partial charge in [0, 0.05) is 12.8 Å². The number of hydrogen-bond donors (Lipinski definition) is 2. The van der Waals surface area contributed by atoms with E-state index in [0.717, 1.165) is 18.4 Å². The van der Waals surface area contributed by atoms with Gasteiger partial charge >= 0.3 is 0 Å². The van der Waals surface area contributed by atoms with Gasteiger partial charge in [-0.2, -0.15) is 0 Å². The van der Waals surface area contributed by atoms with Crippen LogP contribution >= 0.6 is 0 Å². The molecular weight excluding hydrogens is 232 g/mol. The van der Waals surface area contributed by atoms with E-state index in [1.807, 2.05) is 6.92 Å². The second-order valence-corrected chi connectivity index (χ2v) is 4.77. The molecule has 6 heteroatoms. The summed E-state index contributed by atoms with van der Waals surface area (Å²) >= 11 is 0. The fraction of sp³-hybridized carbons (Fsp3) is 0.667. The highest BCUT2D eigenvalue weighted by Gasteiger charge is 2.26. The quantitative estimate of drug-likeness (QED) is 0.625. The molecule has 1 aromatic heterocycles. The Hall–Kier alpha value is -1.40. The summed E-state index contributed by atoms with van der Waals surface area (Å²) in [5.41, 5.74) is 3.36. The number of ether oxygens (including phenoxy) is 2. The minimum atomic E-state index is 0.128. The molecule has 0 bridgehead atoms. The maximum absolute atomic E-state index is 5.94. The van der Waals surface area contributed by atoms with Crippen LogP contribution in [0.5, 0.6) is 5.88 Å². The van der Waals surface area contributed by atoms with Crippen LogP contribution in [0.4, 0.5) is 5.82 Å². The van der Waals surface area contributed by atoms with Crippen LogP contribution in [0.1, 0.15) is 32.3 Å². The van der Waals surface area contributed by atoms with E-state index in [9.17, 15) is 0 Å². The van der Waals surface area contributed by atoms with Crippen molar-refractivity contribution in [1.29, 1.82) is 0 Å². The Labute approximate surface area is 107 Å². The van der Waals surface area contributed by atoms with Crippen LogP contribution < -0.4 is 16.0 Å². The largest absolute Gasteiger partial charge is 0.474 e. The SMILES string of the molecule is Cc1c(NN)ncnc1OC1CC(C)OC(C)C1. The van der Waals surface area contributed by atoms with Gasteiger partial charge in [0.05, 0.1) is 17.8 Å². The molecule has 0 spiro atoms. The Morgan fingerprint density at radius 3 is 2.61 bits per heavy atom. The fourth-order valence-electron chi connectivity index (χ4n) is 2.30. The lowest BCUT2D eigenvalue weighted by atomic mass is 10.0. The first-order chi connectivity index (χ1) is 8.60. The number of hydrogen-bond acceptors (Lipinski definition) is 6. The summed E-state index contributed by atoms with van der Waals surface area (Å²) in [6.45, 7) is 6.01. The molecule has 100 valence electrons. The van der Waals surface area contributed by atoms with Crippen molar-refractivity contribution in [3.05, 3.63) is 11.9 Å². The number of nitrogens with one attached hydrogen (secondary N) is 1. The number of nitrogens with two attached hydrogens (primary N) is 1. The van der Waals surface area contributed by atoms with Crippen LogP contribution in [-0.4, -0.2) is 28.3 Å². The van der Waals surface area contributed by atoms with Crippen molar-refractivity contribution in [3.8, 4) is 5.88 Å². The lowest BCUT2D eigenvalue weighted by molar-refractivity contribution is -0.0731. The Balaban J connectivity index is 2.09. The van der Waals surface area contributed by atoms with Crippen LogP contribution in [0.2, 0.25) is 0 Å². The monoisotopic (exact) mass is 252 g/mol. The predicted molar refractivity (Wildman–Crippen MR) is 68.2 cm³/mol. The number of rotatable bonds is 3. The average Bonchev–Trinajstić information content (AvgIpc) is 2.30. The number of anilines is 1. The smallest absolute Gasteiger partial charge is 0.221 e. The van der Waals surface area contributed by atoms with Crippen molar-refractivity contribution in [3.63, 3.8) is 0 Å². The number of nitrogen functional groups attached to an aromatic ring is 1. The summed E-state index contributed by atoms with van der Waals surface area (Å²) < 4.78 is 11.6. The fourth-order valence-corrected chi connectivity index (χ4v) is 2.30. The maximum Gasteiger partial charge on any atom is 0.221 e. The highest BCUT2D eigenvalue weighted by atomic mass is 16.5. The third kappa shape index (κ3) is 2.88. The summed E-state index contributed by atoms with van der Waals surface area (Å²) in [5, 5.41) is 0. The Kier molecular flexibility index (Phi) is 3.98. The molecule has 2 atom stereocenters. The minimum Gasteiger partial charge on any atom is -0.474 e. The summed E-state index contributed by atoms with van der Waals surface area (Å²) in [4.78, 5) is 8.19. The number of aromatic nitrogens is 2. The highest BCUT2D eigenvalue weighted by molar-refractivity contribution is 5.46. The first-order valence-electron chi connectivity index (χ1n) is 6.20. The van der Waals surface area contributed by atoms with Gasteiger partial charge < -0.3 is 14.9 Å². The molecule has 0 amide bonds. The molecule has 1 fully saturated rings. The lowest BCUT2D eigenvalue weighted by Gasteiger charge is -2.32. The van der Waals surface area contributed by atoms with Gasteiger partial charge in [-0.1, -0.05) is 0 Å².